The highest BCUT2D eigenvalue weighted by molar-refractivity contribution is 5.78. The molecule has 0 radical (unpaired) electrons. The van der Waals surface area contributed by atoms with E-state index in [0.29, 0.717) is 13.0 Å². The van der Waals surface area contributed by atoms with Crippen LogP contribution in [0.25, 0.3) is 0 Å². The fourth-order valence-corrected chi connectivity index (χ4v) is 1.85. The van der Waals surface area contributed by atoms with Gasteiger partial charge in [-0.3, -0.25) is 9.59 Å². The first kappa shape index (κ1) is 16.2. The SMILES string of the molecule is CCOCC(=O)NCC(Cc1cccc(C)c1)C(=O)O. The lowest BCUT2D eigenvalue weighted by Gasteiger charge is -2.14. The number of benzene rings is 1. The van der Waals surface area contributed by atoms with Crippen molar-refractivity contribution in [2.24, 2.45) is 5.92 Å². The van der Waals surface area contributed by atoms with Gasteiger partial charge in [0.1, 0.15) is 6.61 Å². The normalized spacial score (nSPS) is 11.9. The molecule has 0 aliphatic heterocycles. The van der Waals surface area contributed by atoms with E-state index in [1.165, 1.54) is 0 Å². The van der Waals surface area contributed by atoms with Crippen molar-refractivity contribution in [3.05, 3.63) is 35.4 Å². The predicted octanol–water partition coefficient (Wildman–Crippen LogP) is 1.39. The molecule has 20 heavy (non-hydrogen) atoms. The molecule has 0 saturated heterocycles. The summed E-state index contributed by atoms with van der Waals surface area (Å²) in [5, 5.41) is 11.8. The van der Waals surface area contributed by atoms with Crippen LogP contribution < -0.4 is 5.32 Å². The minimum atomic E-state index is -0.914. The molecule has 1 unspecified atom stereocenters. The van der Waals surface area contributed by atoms with Gasteiger partial charge in [-0.15, -0.1) is 0 Å². The van der Waals surface area contributed by atoms with Gasteiger partial charge in [-0.1, -0.05) is 29.8 Å². The van der Waals surface area contributed by atoms with E-state index in [1.54, 1.807) is 6.92 Å². The first-order chi connectivity index (χ1) is 9.52. The summed E-state index contributed by atoms with van der Waals surface area (Å²) in [6.07, 6.45) is 0.395. The van der Waals surface area contributed by atoms with Crippen molar-refractivity contribution in [2.75, 3.05) is 19.8 Å². The summed E-state index contributed by atoms with van der Waals surface area (Å²) in [5.41, 5.74) is 2.04. The molecular formula is C15H21NO4. The van der Waals surface area contributed by atoms with Gasteiger partial charge < -0.3 is 15.2 Å². The Kier molecular flexibility index (Phi) is 6.73. The van der Waals surface area contributed by atoms with Crippen LogP contribution >= 0.6 is 0 Å². The minimum absolute atomic E-state index is 0.0344. The Morgan fingerprint density at radius 2 is 2.15 bits per heavy atom. The highest BCUT2D eigenvalue weighted by atomic mass is 16.5. The maximum atomic E-state index is 11.4. The maximum absolute atomic E-state index is 11.4. The van der Waals surface area contributed by atoms with Gasteiger partial charge in [0.2, 0.25) is 5.91 Å². The third-order valence-corrected chi connectivity index (χ3v) is 2.90. The summed E-state index contributed by atoms with van der Waals surface area (Å²) in [7, 11) is 0. The molecule has 110 valence electrons. The van der Waals surface area contributed by atoms with Crippen molar-refractivity contribution >= 4 is 11.9 Å². The van der Waals surface area contributed by atoms with Crippen molar-refractivity contribution < 1.29 is 19.4 Å². The van der Waals surface area contributed by atoms with E-state index in [2.05, 4.69) is 5.32 Å². The number of rotatable bonds is 8. The average molecular weight is 279 g/mol. The van der Waals surface area contributed by atoms with E-state index in [1.807, 2.05) is 31.2 Å². The number of hydrogen-bond donors (Lipinski definition) is 2. The van der Waals surface area contributed by atoms with Crippen LogP contribution in [0.15, 0.2) is 24.3 Å². The van der Waals surface area contributed by atoms with Gasteiger partial charge in [0.15, 0.2) is 0 Å². The summed E-state index contributed by atoms with van der Waals surface area (Å²) >= 11 is 0. The second kappa shape index (κ2) is 8.32. The maximum Gasteiger partial charge on any atom is 0.308 e. The number of aryl methyl sites for hydroxylation is 1. The van der Waals surface area contributed by atoms with Crippen LogP contribution in [0.5, 0.6) is 0 Å². The molecule has 0 aliphatic rings. The summed E-state index contributed by atoms with van der Waals surface area (Å²) in [5.74, 6) is -1.84. The second-order valence-corrected chi connectivity index (χ2v) is 4.67. The standard InChI is InChI=1S/C15H21NO4/c1-3-20-10-14(17)16-9-13(15(18)19)8-12-6-4-5-11(2)7-12/h4-7,13H,3,8-10H2,1-2H3,(H,16,17)(H,18,19). The number of carbonyl (C=O) groups excluding carboxylic acids is 1. The largest absolute Gasteiger partial charge is 0.481 e. The van der Waals surface area contributed by atoms with E-state index in [-0.39, 0.29) is 19.1 Å². The summed E-state index contributed by atoms with van der Waals surface area (Å²) in [6, 6.07) is 7.71. The molecule has 0 aromatic heterocycles. The lowest BCUT2D eigenvalue weighted by molar-refractivity contribution is -0.141. The lowest BCUT2D eigenvalue weighted by atomic mass is 9.98. The third-order valence-electron chi connectivity index (χ3n) is 2.90. The zero-order valence-corrected chi connectivity index (χ0v) is 11.9. The zero-order chi connectivity index (χ0) is 15.0. The Hall–Kier alpha value is -1.88. The molecule has 0 heterocycles. The molecule has 1 atom stereocenters. The molecule has 1 amide bonds. The van der Waals surface area contributed by atoms with Crippen molar-refractivity contribution in [3.63, 3.8) is 0 Å². The van der Waals surface area contributed by atoms with Crippen molar-refractivity contribution in [3.8, 4) is 0 Å². The quantitative estimate of drug-likeness (QED) is 0.754. The predicted molar refractivity (Wildman–Crippen MR) is 75.5 cm³/mol. The molecule has 1 rings (SSSR count). The van der Waals surface area contributed by atoms with E-state index < -0.39 is 11.9 Å². The molecule has 5 heteroatoms. The molecule has 0 fully saturated rings. The minimum Gasteiger partial charge on any atom is -0.481 e. The van der Waals surface area contributed by atoms with Crippen LogP contribution in [-0.2, 0) is 20.7 Å². The lowest BCUT2D eigenvalue weighted by Crippen LogP contribution is -2.36. The van der Waals surface area contributed by atoms with E-state index in [0.717, 1.165) is 11.1 Å². The van der Waals surface area contributed by atoms with Crippen molar-refractivity contribution in [1.82, 2.24) is 5.32 Å². The van der Waals surface area contributed by atoms with Gasteiger partial charge in [-0.2, -0.15) is 0 Å². The Balaban J connectivity index is 2.53. The third kappa shape index (κ3) is 5.84. The first-order valence-electron chi connectivity index (χ1n) is 6.65. The van der Waals surface area contributed by atoms with E-state index >= 15 is 0 Å². The summed E-state index contributed by atoms with van der Waals surface area (Å²) in [6.45, 7) is 4.29. The number of hydrogen-bond acceptors (Lipinski definition) is 3. The fraction of sp³-hybridized carbons (Fsp3) is 0.467. The molecule has 0 saturated carbocycles. The van der Waals surface area contributed by atoms with Crippen molar-refractivity contribution in [2.45, 2.75) is 20.3 Å². The fourth-order valence-electron chi connectivity index (χ4n) is 1.85. The topological polar surface area (TPSA) is 75.6 Å². The van der Waals surface area contributed by atoms with E-state index in [4.69, 9.17) is 4.74 Å². The number of nitrogens with one attached hydrogen (secondary N) is 1. The number of carboxylic acids is 1. The number of carboxylic acid groups (broad SMARTS) is 1. The smallest absolute Gasteiger partial charge is 0.308 e. The Bertz CT molecular complexity index is 459. The number of amides is 1. The van der Waals surface area contributed by atoms with Crippen LogP contribution in [0.4, 0.5) is 0 Å². The highest BCUT2D eigenvalue weighted by Crippen LogP contribution is 2.10. The zero-order valence-electron chi connectivity index (χ0n) is 11.9. The summed E-state index contributed by atoms with van der Waals surface area (Å²) < 4.78 is 4.96. The Morgan fingerprint density at radius 3 is 2.75 bits per heavy atom. The van der Waals surface area contributed by atoms with Crippen LogP contribution in [-0.4, -0.2) is 36.7 Å². The molecule has 5 nitrogen and oxygen atoms in total. The number of aliphatic carboxylic acids is 1. The average Bonchev–Trinajstić information content (AvgIpc) is 2.40. The Morgan fingerprint density at radius 1 is 1.40 bits per heavy atom. The van der Waals surface area contributed by atoms with Crippen molar-refractivity contribution in [1.29, 1.82) is 0 Å². The van der Waals surface area contributed by atoms with Gasteiger partial charge in [0.25, 0.3) is 0 Å². The van der Waals surface area contributed by atoms with Gasteiger partial charge in [-0.05, 0) is 25.8 Å². The summed E-state index contributed by atoms with van der Waals surface area (Å²) in [4.78, 5) is 22.6. The molecule has 0 spiro atoms. The Labute approximate surface area is 118 Å². The van der Waals surface area contributed by atoms with Crippen LogP contribution in [0, 0.1) is 12.8 Å². The molecule has 0 bridgehead atoms. The molecule has 1 aromatic rings. The highest BCUT2D eigenvalue weighted by Gasteiger charge is 2.19. The van der Waals surface area contributed by atoms with Gasteiger partial charge in [-0.25, -0.2) is 0 Å². The molecular weight excluding hydrogens is 258 g/mol. The molecule has 2 N–H and O–H groups in total. The van der Waals surface area contributed by atoms with Gasteiger partial charge in [0.05, 0.1) is 5.92 Å². The van der Waals surface area contributed by atoms with E-state index in [9.17, 15) is 14.7 Å². The number of ether oxygens (including phenoxy) is 1. The second-order valence-electron chi connectivity index (χ2n) is 4.67. The van der Waals surface area contributed by atoms with Crippen LogP contribution in [0.1, 0.15) is 18.1 Å². The van der Waals surface area contributed by atoms with Gasteiger partial charge in [0, 0.05) is 13.2 Å². The molecule has 1 aromatic carbocycles. The van der Waals surface area contributed by atoms with Gasteiger partial charge >= 0.3 is 5.97 Å². The first-order valence-corrected chi connectivity index (χ1v) is 6.65. The van der Waals surface area contributed by atoms with Crippen LogP contribution in [0.2, 0.25) is 0 Å². The molecule has 0 aliphatic carbocycles. The van der Waals surface area contributed by atoms with Crippen LogP contribution in [0.3, 0.4) is 0 Å². The number of carbonyl (C=O) groups is 2. The monoisotopic (exact) mass is 279 g/mol.